The highest BCUT2D eigenvalue weighted by atomic mass is 16.2. The van der Waals surface area contributed by atoms with Gasteiger partial charge in [-0.3, -0.25) is 9.59 Å². The summed E-state index contributed by atoms with van der Waals surface area (Å²) in [5.74, 6) is 1.63. The highest BCUT2D eigenvalue weighted by molar-refractivity contribution is 5.89. The van der Waals surface area contributed by atoms with E-state index in [1.54, 1.807) is 0 Å². The first-order valence-electron chi connectivity index (χ1n) is 8.18. The molecule has 2 aliphatic rings. The second-order valence-corrected chi connectivity index (χ2v) is 6.57. The summed E-state index contributed by atoms with van der Waals surface area (Å²) in [6.07, 6.45) is 7.14. The molecule has 1 aliphatic heterocycles. The molecular formula is C16H28N2O2. The highest BCUT2D eigenvalue weighted by Crippen LogP contribution is 2.29. The molecule has 0 spiro atoms. The minimum Gasteiger partial charge on any atom is -0.344 e. The number of nitrogens with zero attached hydrogens (tertiary/aromatic N) is 1. The molecule has 4 heteroatoms. The van der Waals surface area contributed by atoms with Gasteiger partial charge in [0.05, 0.1) is 0 Å². The van der Waals surface area contributed by atoms with Crippen molar-refractivity contribution in [2.24, 2.45) is 11.8 Å². The summed E-state index contributed by atoms with van der Waals surface area (Å²) >= 11 is 0. The maximum Gasteiger partial charge on any atom is 0.245 e. The number of amides is 2. The smallest absolute Gasteiger partial charge is 0.245 e. The average molecular weight is 280 g/mol. The predicted octanol–water partition coefficient (Wildman–Crippen LogP) is 2.33. The lowest BCUT2D eigenvalue weighted by Crippen LogP contribution is -2.46. The molecule has 1 saturated carbocycles. The Morgan fingerprint density at radius 3 is 2.55 bits per heavy atom. The predicted molar refractivity (Wildman–Crippen MR) is 79.2 cm³/mol. The molecule has 0 bridgehead atoms. The Labute approximate surface area is 122 Å². The van der Waals surface area contributed by atoms with Gasteiger partial charge in [0.1, 0.15) is 6.04 Å². The number of hydrogen-bond donors (Lipinski definition) is 1. The fourth-order valence-corrected chi connectivity index (χ4v) is 3.38. The second kappa shape index (κ2) is 7.09. The van der Waals surface area contributed by atoms with Crippen LogP contribution >= 0.6 is 0 Å². The molecule has 4 nitrogen and oxygen atoms in total. The molecule has 2 amide bonds. The van der Waals surface area contributed by atoms with Crippen molar-refractivity contribution in [2.75, 3.05) is 13.1 Å². The molecule has 1 atom stereocenters. The third-order valence-corrected chi connectivity index (χ3v) is 4.75. The summed E-state index contributed by atoms with van der Waals surface area (Å²) in [6.45, 7) is 5.81. The second-order valence-electron chi connectivity index (χ2n) is 6.57. The molecule has 2 fully saturated rings. The first kappa shape index (κ1) is 15.3. The molecule has 2 rings (SSSR count). The van der Waals surface area contributed by atoms with Crippen LogP contribution in [0.1, 0.15) is 58.8 Å². The third-order valence-electron chi connectivity index (χ3n) is 4.75. The van der Waals surface area contributed by atoms with Crippen LogP contribution in [-0.2, 0) is 9.59 Å². The number of nitrogens with one attached hydrogen (secondary N) is 1. The zero-order chi connectivity index (χ0) is 14.5. The van der Waals surface area contributed by atoms with Crippen LogP contribution in [0, 0.1) is 11.8 Å². The van der Waals surface area contributed by atoms with Crippen molar-refractivity contribution in [3.63, 3.8) is 0 Å². The molecule has 0 aromatic rings. The van der Waals surface area contributed by atoms with E-state index in [1.165, 1.54) is 25.7 Å². The lowest BCUT2D eigenvalue weighted by molar-refractivity contribution is -0.134. The van der Waals surface area contributed by atoms with Crippen LogP contribution in [-0.4, -0.2) is 35.8 Å². The Hall–Kier alpha value is -1.06. The Morgan fingerprint density at radius 2 is 1.90 bits per heavy atom. The largest absolute Gasteiger partial charge is 0.344 e. The van der Waals surface area contributed by atoms with E-state index in [4.69, 9.17) is 0 Å². The van der Waals surface area contributed by atoms with Crippen LogP contribution in [0.4, 0.5) is 0 Å². The van der Waals surface area contributed by atoms with Gasteiger partial charge in [-0.25, -0.2) is 0 Å². The quantitative estimate of drug-likeness (QED) is 0.859. The first-order chi connectivity index (χ1) is 9.60. The summed E-state index contributed by atoms with van der Waals surface area (Å²) < 4.78 is 0. The van der Waals surface area contributed by atoms with Gasteiger partial charge in [0.15, 0.2) is 0 Å². The molecule has 1 N–H and O–H groups in total. The average Bonchev–Trinajstić information content (AvgIpc) is 2.55. The van der Waals surface area contributed by atoms with Gasteiger partial charge in [0.25, 0.3) is 0 Å². The molecule has 114 valence electrons. The van der Waals surface area contributed by atoms with Gasteiger partial charge in [-0.05, 0) is 31.1 Å². The summed E-state index contributed by atoms with van der Waals surface area (Å²) in [7, 11) is 0. The van der Waals surface area contributed by atoms with Crippen molar-refractivity contribution >= 4 is 11.8 Å². The van der Waals surface area contributed by atoms with Crippen molar-refractivity contribution in [3.05, 3.63) is 0 Å². The Morgan fingerprint density at radius 1 is 1.20 bits per heavy atom. The zero-order valence-corrected chi connectivity index (χ0v) is 12.9. The number of hydrogen-bond acceptors (Lipinski definition) is 2. The van der Waals surface area contributed by atoms with E-state index in [2.05, 4.69) is 19.2 Å². The molecule has 0 aromatic carbocycles. The molecule has 1 saturated heterocycles. The van der Waals surface area contributed by atoms with Gasteiger partial charge in [-0.2, -0.15) is 0 Å². The lowest BCUT2D eigenvalue weighted by Gasteiger charge is -2.32. The summed E-state index contributed by atoms with van der Waals surface area (Å²) in [4.78, 5) is 26.2. The van der Waals surface area contributed by atoms with Crippen LogP contribution in [0.25, 0.3) is 0 Å². The van der Waals surface area contributed by atoms with Crippen LogP contribution in [0.3, 0.4) is 0 Å². The minimum absolute atomic E-state index is 0.0246. The number of rotatable bonds is 4. The Balaban J connectivity index is 1.94. The Bertz CT molecular complexity index is 348. The standard InChI is InChI=1S/C16H28N2O2/c1-3-4-14-16(20)18(10-9-15(19)17-14)11-13-7-5-12(2)6-8-13/h12-14H,3-11H2,1-2H3,(H,17,19). The highest BCUT2D eigenvalue weighted by Gasteiger charge is 2.31. The SMILES string of the molecule is CCCC1NC(=O)CCN(CC2CCC(C)CC2)C1=O. The number of carbonyl (C=O) groups is 2. The van der Waals surface area contributed by atoms with E-state index < -0.39 is 0 Å². The Kier molecular flexibility index (Phi) is 5.44. The first-order valence-corrected chi connectivity index (χ1v) is 8.18. The summed E-state index contributed by atoms with van der Waals surface area (Å²) in [5, 5.41) is 2.87. The summed E-state index contributed by atoms with van der Waals surface area (Å²) in [6, 6.07) is -0.294. The molecular weight excluding hydrogens is 252 g/mol. The molecule has 0 radical (unpaired) electrons. The maximum absolute atomic E-state index is 12.5. The summed E-state index contributed by atoms with van der Waals surface area (Å²) in [5.41, 5.74) is 0. The fraction of sp³-hybridized carbons (Fsp3) is 0.875. The fourth-order valence-electron chi connectivity index (χ4n) is 3.38. The van der Waals surface area contributed by atoms with Gasteiger partial charge in [-0.1, -0.05) is 33.1 Å². The van der Waals surface area contributed by atoms with Crippen molar-refractivity contribution < 1.29 is 9.59 Å². The molecule has 20 heavy (non-hydrogen) atoms. The van der Waals surface area contributed by atoms with Crippen LogP contribution in [0.5, 0.6) is 0 Å². The van der Waals surface area contributed by atoms with E-state index in [9.17, 15) is 9.59 Å². The van der Waals surface area contributed by atoms with E-state index >= 15 is 0 Å². The lowest BCUT2D eigenvalue weighted by atomic mass is 9.82. The van der Waals surface area contributed by atoms with Crippen LogP contribution in [0.2, 0.25) is 0 Å². The molecule has 0 aromatic heterocycles. The topological polar surface area (TPSA) is 49.4 Å². The van der Waals surface area contributed by atoms with E-state index in [0.29, 0.717) is 18.9 Å². The maximum atomic E-state index is 12.5. The van der Waals surface area contributed by atoms with E-state index in [1.807, 2.05) is 4.90 Å². The zero-order valence-electron chi connectivity index (χ0n) is 12.9. The number of carbonyl (C=O) groups excluding carboxylic acids is 2. The normalized spacial score (nSPS) is 31.9. The van der Waals surface area contributed by atoms with Gasteiger partial charge in [0.2, 0.25) is 11.8 Å². The molecule has 1 heterocycles. The van der Waals surface area contributed by atoms with Crippen molar-refractivity contribution in [3.8, 4) is 0 Å². The molecule has 1 unspecified atom stereocenters. The molecule has 1 aliphatic carbocycles. The monoisotopic (exact) mass is 280 g/mol. The van der Waals surface area contributed by atoms with Gasteiger partial charge in [-0.15, -0.1) is 0 Å². The van der Waals surface area contributed by atoms with Crippen LogP contribution < -0.4 is 5.32 Å². The van der Waals surface area contributed by atoms with Crippen LogP contribution in [0.15, 0.2) is 0 Å². The van der Waals surface area contributed by atoms with Gasteiger partial charge in [0, 0.05) is 19.5 Å². The van der Waals surface area contributed by atoms with Crippen molar-refractivity contribution in [2.45, 2.75) is 64.8 Å². The van der Waals surface area contributed by atoms with Crippen molar-refractivity contribution in [1.82, 2.24) is 10.2 Å². The van der Waals surface area contributed by atoms with E-state index in [0.717, 1.165) is 25.3 Å². The van der Waals surface area contributed by atoms with Crippen molar-refractivity contribution in [1.29, 1.82) is 0 Å². The third kappa shape index (κ3) is 3.97. The van der Waals surface area contributed by atoms with E-state index in [-0.39, 0.29) is 17.9 Å². The van der Waals surface area contributed by atoms with Gasteiger partial charge < -0.3 is 10.2 Å². The minimum atomic E-state index is -0.294. The van der Waals surface area contributed by atoms with Gasteiger partial charge >= 0.3 is 0 Å².